The fraction of sp³-hybridized carbons (Fsp3) is 0.0714. The predicted molar refractivity (Wildman–Crippen MR) is 79.3 cm³/mol. The zero-order valence-corrected chi connectivity index (χ0v) is 11.4. The molecular weight excluding hydrogens is 276 g/mol. The van der Waals surface area contributed by atoms with Gasteiger partial charge in [0.05, 0.1) is 10.7 Å². The van der Waals surface area contributed by atoms with Crippen molar-refractivity contribution in [1.29, 1.82) is 0 Å². The number of halogens is 1. The van der Waals surface area contributed by atoms with Crippen LogP contribution in [0.25, 0.3) is 0 Å². The maximum absolute atomic E-state index is 11.8. The number of hydrogen-bond donors (Lipinski definition) is 2. The van der Waals surface area contributed by atoms with Crippen molar-refractivity contribution >= 4 is 29.1 Å². The molecule has 1 heterocycles. The number of hydrogen-bond acceptors (Lipinski definition) is 4. The summed E-state index contributed by atoms with van der Waals surface area (Å²) in [6.07, 6.45) is 3.11. The number of anilines is 2. The third-order valence-electron chi connectivity index (χ3n) is 2.42. The van der Waals surface area contributed by atoms with E-state index in [-0.39, 0.29) is 11.6 Å². The summed E-state index contributed by atoms with van der Waals surface area (Å²) in [5.74, 6) is 0.0267. The van der Waals surface area contributed by atoms with E-state index in [0.717, 1.165) is 0 Å². The standard InChI is InChI=1S/C14H13ClN4O/c1-2-8-16-13(20)12-7-9-17-14(19-12)18-11-6-4-3-5-10(11)15/h2-7,9H,1,8H2,(H,16,20)(H,17,18,19). The van der Waals surface area contributed by atoms with Crippen molar-refractivity contribution in [3.8, 4) is 0 Å². The predicted octanol–water partition coefficient (Wildman–Crippen LogP) is 2.79. The number of para-hydroxylation sites is 1. The zero-order chi connectivity index (χ0) is 14.4. The average Bonchev–Trinajstić information content (AvgIpc) is 2.47. The van der Waals surface area contributed by atoms with E-state index in [1.807, 2.05) is 12.1 Å². The normalized spacial score (nSPS) is 9.85. The third-order valence-corrected chi connectivity index (χ3v) is 2.75. The van der Waals surface area contributed by atoms with Gasteiger partial charge in [0.2, 0.25) is 5.95 Å². The molecule has 0 fully saturated rings. The lowest BCUT2D eigenvalue weighted by atomic mass is 10.3. The van der Waals surface area contributed by atoms with Gasteiger partial charge in [0.25, 0.3) is 5.91 Å². The molecular formula is C14H13ClN4O. The first-order valence-corrected chi connectivity index (χ1v) is 6.32. The van der Waals surface area contributed by atoms with Crippen LogP contribution in [0.1, 0.15) is 10.5 Å². The smallest absolute Gasteiger partial charge is 0.270 e. The Morgan fingerprint density at radius 1 is 1.35 bits per heavy atom. The summed E-state index contributed by atoms with van der Waals surface area (Å²) in [6, 6.07) is 8.76. The minimum atomic E-state index is -0.283. The van der Waals surface area contributed by atoms with E-state index in [4.69, 9.17) is 11.6 Å². The van der Waals surface area contributed by atoms with Crippen molar-refractivity contribution in [2.24, 2.45) is 0 Å². The quantitative estimate of drug-likeness (QED) is 0.830. The molecule has 0 bridgehead atoms. The average molecular weight is 289 g/mol. The van der Waals surface area contributed by atoms with Gasteiger partial charge < -0.3 is 10.6 Å². The molecule has 102 valence electrons. The van der Waals surface area contributed by atoms with Crippen LogP contribution < -0.4 is 10.6 Å². The second kappa shape index (κ2) is 6.68. The molecule has 0 saturated heterocycles. The third kappa shape index (κ3) is 3.55. The van der Waals surface area contributed by atoms with E-state index in [9.17, 15) is 4.79 Å². The van der Waals surface area contributed by atoms with E-state index in [1.165, 1.54) is 12.3 Å². The van der Waals surface area contributed by atoms with Crippen LogP contribution in [0.2, 0.25) is 5.02 Å². The highest BCUT2D eigenvalue weighted by Crippen LogP contribution is 2.22. The van der Waals surface area contributed by atoms with Gasteiger partial charge in [0.1, 0.15) is 5.69 Å². The van der Waals surface area contributed by atoms with Crippen molar-refractivity contribution < 1.29 is 4.79 Å². The number of rotatable bonds is 5. The molecule has 0 unspecified atom stereocenters. The number of nitrogens with one attached hydrogen (secondary N) is 2. The van der Waals surface area contributed by atoms with Crippen molar-refractivity contribution in [1.82, 2.24) is 15.3 Å². The number of amides is 1. The van der Waals surface area contributed by atoms with Gasteiger partial charge in [0, 0.05) is 12.7 Å². The van der Waals surface area contributed by atoms with Gasteiger partial charge in [-0.1, -0.05) is 29.8 Å². The summed E-state index contributed by atoms with van der Waals surface area (Å²) in [5.41, 5.74) is 0.953. The highest BCUT2D eigenvalue weighted by molar-refractivity contribution is 6.33. The Kier molecular flexibility index (Phi) is 4.68. The SMILES string of the molecule is C=CCNC(=O)c1ccnc(Nc2ccccc2Cl)n1. The summed E-state index contributed by atoms with van der Waals surface area (Å²) >= 11 is 6.04. The molecule has 0 radical (unpaired) electrons. The van der Waals surface area contributed by atoms with Gasteiger partial charge in [-0.2, -0.15) is 0 Å². The van der Waals surface area contributed by atoms with Crippen LogP contribution in [-0.4, -0.2) is 22.4 Å². The first-order valence-electron chi connectivity index (χ1n) is 5.94. The van der Waals surface area contributed by atoms with Gasteiger partial charge in [-0.15, -0.1) is 6.58 Å². The van der Waals surface area contributed by atoms with Crippen LogP contribution in [0.3, 0.4) is 0 Å². The van der Waals surface area contributed by atoms with Gasteiger partial charge in [-0.3, -0.25) is 4.79 Å². The fourth-order valence-electron chi connectivity index (χ4n) is 1.48. The van der Waals surface area contributed by atoms with Gasteiger partial charge in [0.15, 0.2) is 0 Å². The Balaban J connectivity index is 2.16. The van der Waals surface area contributed by atoms with Crippen LogP contribution in [0.5, 0.6) is 0 Å². The van der Waals surface area contributed by atoms with Gasteiger partial charge in [-0.25, -0.2) is 9.97 Å². The maximum atomic E-state index is 11.8. The molecule has 5 nitrogen and oxygen atoms in total. The Hall–Kier alpha value is -2.40. The van der Waals surface area contributed by atoms with Crippen LogP contribution >= 0.6 is 11.6 Å². The first-order chi connectivity index (χ1) is 9.70. The highest BCUT2D eigenvalue weighted by atomic mass is 35.5. The number of benzene rings is 1. The van der Waals surface area contributed by atoms with E-state index >= 15 is 0 Å². The summed E-state index contributed by atoms with van der Waals surface area (Å²) < 4.78 is 0. The molecule has 0 aliphatic carbocycles. The minimum absolute atomic E-state index is 0.274. The van der Waals surface area contributed by atoms with Crippen LogP contribution in [0, 0.1) is 0 Å². The Morgan fingerprint density at radius 3 is 2.90 bits per heavy atom. The monoisotopic (exact) mass is 288 g/mol. The number of carbonyl (C=O) groups is 1. The summed E-state index contributed by atoms with van der Waals surface area (Å²) in [7, 11) is 0. The van der Waals surface area contributed by atoms with Crippen LogP contribution in [0.4, 0.5) is 11.6 Å². The molecule has 0 aliphatic rings. The Labute approximate surface area is 121 Å². The molecule has 20 heavy (non-hydrogen) atoms. The Bertz CT molecular complexity index is 630. The lowest BCUT2D eigenvalue weighted by Crippen LogP contribution is -2.24. The highest BCUT2D eigenvalue weighted by Gasteiger charge is 2.08. The molecule has 1 aromatic heterocycles. The van der Waals surface area contributed by atoms with Crippen LogP contribution in [0.15, 0.2) is 49.2 Å². The summed E-state index contributed by atoms with van der Waals surface area (Å²) in [6.45, 7) is 3.92. The molecule has 1 amide bonds. The summed E-state index contributed by atoms with van der Waals surface area (Å²) in [5, 5.41) is 6.17. The zero-order valence-electron chi connectivity index (χ0n) is 10.6. The van der Waals surface area contributed by atoms with Crippen molar-refractivity contribution in [2.45, 2.75) is 0 Å². The van der Waals surface area contributed by atoms with Crippen LogP contribution in [-0.2, 0) is 0 Å². The van der Waals surface area contributed by atoms with E-state index in [0.29, 0.717) is 23.2 Å². The number of carbonyl (C=O) groups excluding carboxylic acids is 1. The summed E-state index contributed by atoms with van der Waals surface area (Å²) in [4.78, 5) is 20.0. The fourth-order valence-corrected chi connectivity index (χ4v) is 1.67. The molecule has 1 aromatic carbocycles. The maximum Gasteiger partial charge on any atom is 0.270 e. The van der Waals surface area contributed by atoms with Crippen molar-refractivity contribution in [3.05, 3.63) is 59.9 Å². The largest absolute Gasteiger partial charge is 0.347 e. The molecule has 0 atom stereocenters. The second-order valence-electron chi connectivity index (χ2n) is 3.87. The second-order valence-corrected chi connectivity index (χ2v) is 4.28. The lowest BCUT2D eigenvalue weighted by molar-refractivity contribution is 0.0953. The molecule has 6 heteroatoms. The molecule has 0 saturated carbocycles. The van der Waals surface area contributed by atoms with E-state index < -0.39 is 0 Å². The molecule has 2 aromatic rings. The van der Waals surface area contributed by atoms with E-state index in [2.05, 4.69) is 27.2 Å². The van der Waals surface area contributed by atoms with E-state index in [1.54, 1.807) is 18.2 Å². The molecule has 2 N–H and O–H groups in total. The first kappa shape index (κ1) is 14.0. The van der Waals surface area contributed by atoms with Crippen molar-refractivity contribution in [2.75, 3.05) is 11.9 Å². The minimum Gasteiger partial charge on any atom is -0.347 e. The topological polar surface area (TPSA) is 66.9 Å². The Morgan fingerprint density at radius 2 is 2.15 bits per heavy atom. The number of aromatic nitrogens is 2. The molecule has 0 spiro atoms. The molecule has 0 aliphatic heterocycles. The van der Waals surface area contributed by atoms with Gasteiger partial charge >= 0.3 is 0 Å². The molecule has 2 rings (SSSR count). The van der Waals surface area contributed by atoms with Crippen molar-refractivity contribution in [3.63, 3.8) is 0 Å². The number of nitrogens with zero attached hydrogens (tertiary/aromatic N) is 2. The lowest BCUT2D eigenvalue weighted by Gasteiger charge is -2.07. The van der Waals surface area contributed by atoms with Gasteiger partial charge in [-0.05, 0) is 18.2 Å².